The number of hydrogen-bond donors (Lipinski definition) is 0. The van der Waals surface area contributed by atoms with Gasteiger partial charge in [0, 0.05) is 0 Å². The molecule has 0 saturated heterocycles. The van der Waals surface area contributed by atoms with E-state index in [0.717, 1.165) is 39.0 Å². The topological polar surface area (TPSA) is 44.7 Å². The van der Waals surface area contributed by atoms with Crippen LogP contribution in [0.5, 0.6) is 11.5 Å². The molecular formula is C47H49N5OSe. The van der Waals surface area contributed by atoms with Crippen LogP contribution in [0.15, 0.2) is 122 Å². The van der Waals surface area contributed by atoms with Gasteiger partial charge in [0.25, 0.3) is 0 Å². The smallest absolute Gasteiger partial charge is 0.0131 e. The minimum atomic E-state index is 0.0176. The summed E-state index contributed by atoms with van der Waals surface area (Å²) in [4.78, 5) is 16.6. The molecule has 6 aromatic rings. The summed E-state index contributed by atoms with van der Waals surface area (Å²) in [6.07, 6.45) is 3.71. The van der Waals surface area contributed by atoms with Crippen molar-refractivity contribution in [2.45, 2.75) is 78.6 Å². The van der Waals surface area contributed by atoms with Crippen molar-refractivity contribution >= 4 is 64.0 Å². The Morgan fingerprint density at radius 2 is 1.22 bits per heavy atom. The summed E-state index contributed by atoms with van der Waals surface area (Å²) in [6.45, 7) is 21.4. The van der Waals surface area contributed by atoms with E-state index >= 15 is 0 Å². The molecule has 0 spiro atoms. The number of fused-ring (bicyclic) bond motifs is 3. The number of benzene rings is 4. The van der Waals surface area contributed by atoms with E-state index < -0.39 is 0 Å². The zero-order valence-corrected chi connectivity index (χ0v) is 34.5. The van der Waals surface area contributed by atoms with Gasteiger partial charge in [0.1, 0.15) is 0 Å². The fourth-order valence-electron chi connectivity index (χ4n) is 7.07. The molecule has 54 heavy (non-hydrogen) atoms. The summed E-state index contributed by atoms with van der Waals surface area (Å²) in [7, 11) is 0. The second-order valence-corrected chi connectivity index (χ2v) is 19.6. The molecule has 4 aromatic carbocycles. The van der Waals surface area contributed by atoms with Crippen molar-refractivity contribution in [1.82, 2.24) is 9.97 Å². The van der Waals surface area contributed by atoms with Gasteiger partial charge in [-0.2, -0.15) is 0 Å². The van der Waals surface area contributed by atoms with E-state index in [1.165, 1.54) is 38.2 Å². The molecule has 0 atom stereocenters. The van der Waals surface area contributed by atoms with E-state index in [-0.39, 0.29) is 31.2 Å². The Bertz CT molecular complexity index is 2320. The molecule has 274 valence electrons. The van der Waals surface area contributed by atoms with Gasteiger partial charge in [-0.3, -0.25) is 0 Å². The largest absolute Gasteiger partial charge is 0.0561 e. The standard InChI is InChI=1S/C47H49N5OSe/c1-45(2,3)31-18-20-38-40(27-31)51(35-25-32(46(4,5)6)24-33(26-35)47(7,8)9)30-50(38)34-14-12-15-36(28-34)53-37-19-21-42-41(29-37)52(43-17-10-11-22-48-43)39-16-13-23-49-44(39)54-42/h10-29H,30H2,1-9H3. The third-order valence-corrected chi connectivity index (χ3v) is 12.5. The number of ether oxygens (including phenoxy) is 1. The van der Waals surface area contributed by atoms with Crippen LogP contribution in [0.4, 0.5) is 39.9 Å². The molecule has 0 unspecified atom stereocenters. The molecule has 0 fully saturated rings. The van der Waals surface area contributed by atoms with E-state index in [0.29, 0.717) is 6.67 Å². The van der Waals surface area contributed by atoms with Gasteiger partial charge >= 0.3 is 215 Å². The number of pyridine rings is 2. The van der Waals surface area contributed by atoms with Crippen LogP contribution in [-0.2, 0) is 16.2 Å². The number of hydrogen-bond acceptors (Lipinski definition) is 6. The summed E-state index contributed by atoms with van der Waals surface area (Å²) in [5.74, 6) is 2.43. The van der Waals surface area contributed by atoms with Crippen LogP contribution in [0.3, 0.4) is 0 Å². The molecule has 0 saturated carbocycles. The zero-order chi connectivity index (χ0) is 38.0. The molecule has 4 heterocycles. The van der Waals surface area contributed by atoms with E-state index in [1.54, 1.807) is 0 Å². The maximum Gasteiger partial charge on any atom is -0.0131 e. The van der Waals surface area contributed by atoms with Crippen LogP contribution in [-0.4, -0.2) is 31.6 Å². The Morgan fingerprint density at radius 1 is 0.519 bits per heavy atom. The van der Waals surface area contributed by atoms with E-state index in [2.05, 4.69) is 156 Å². The monoisotopic (exact) mass is 779 g/mol. The predicted molar refractivity (Wildman–Crippen MR) is 226 cm³/mol. The first kappa shape index (κ1) is 35.9. The van der Waals surface area contributed by atoms with Crippen LogP contribution in [0, 0.1) is 0 Å². The Kier molecular flexibility index (Phi) is 8.86. The Hall–Kier alpha value is -5.10. The fourth-order valence-corrected chi connectivity index (χ4v) is 9.12. The average Bonchev–Trinajstić information content (AvgIpc) is 3.52. The predicted octanol–water partition coefficient (Wildman–Crippen LogP) is 10.8. The molecule has 2 aliphatic rings. The second kappa shape index (κ2) is 13.3. The molecule has 0 aliphatic carbocycles. The average molecular weight is 779 g/mol. The van der Waals surface area contributed by atoms with Crippen LogP contribution in [0.2, 0.25) is 0 Å². The van der Waals surface area contributed by atoms with Crippen LogP contribution in [0.1, 0.15) is 79.0 Å². The Labute approximate surface area is 327 Å². The van der Waals surface area contributed by atoms with Crippen molar-refractivity contribution in [3.63, 3.8) is 0 Å². The minimum Gasteiger partial charge on any atom is -0.0561 e. The van der Waals surface area contributed by atoms with Crippen molar-refractivity contribution in [1.29, 1.82) is 0 Å². The Balaban J connectivity index is 1.16. The molecule has 0 radical (unpaired) electrons. The molecule has 7 heteroatoms. The molecule has 0 bridgehead atoms. The molecule has 6 nitrogen and oxygen atoms in total. The summed E-state index contributed by atoms with van der Waals surface area (Å²) in [5.41, 5.74) is 10.9. The van der Waals surface area contributed by atoms with Crippen molar-refractivity contribution < 1.29 is 4.74 Å². The number of nitrogens with zero attached hydrogens (tertiary/aromatic N) is 5. The van der Waals surface area contributed by atoms with E-state index in [1.807, 2.05) is 42.7 Å². The normalized spacial score (nSPS) is 14.1. The van der Waals surface area contributed by atoms with Gasteiger partial charge in [0.15, 0.2) is 0 Å². The first-order chi connectivity index (χ1) is 25.6. The Morgan fingerprint density at radius 3 is 1.93 bits per heavy atom. The van der Waals surface area contributed by atoms with Gasteiger partial charge < -0.3 is 0 Å². The summed E-state index contributed by atoms with van der Waals surface area (Å²) in [5, 5.41) is 0. The SMILES string of the molecule is CC(C)(C)c1cc(N2CN(c3cccc(Oc4ccc5c(c4)N(c4ccccn4)c4cccnc4[Se]5)c3)c3ccc(C(C)(C)C)cc32)cc(C(C)(C)C)c1. The first-order valence-electron chi connectivity index (χ1n) is 18.8. The molecule has 8 rings (SSSR count). The second-order valence-electron chi connectivity index (χ2n) is 17.4. The molecule has 0 N–H and O–H groups in total. The first-order valence-corrected chi connectivity index (χ1v) is 20.5. The molecule has 2 aliphatic heterocycles. The third kappa shape index (κ3) is 6.87. The maximum absolute atomic E-state index is 6.69. The number of aromatic nitrogens is 2. The van der Waals surface area contributed by atoms with Gasteiger partial charge in [-0.25, -0.2) is 0 Å². The molecule has 2 aromatic heterocycles. The maximum atomic E-state index is 6.69. The van der Waals surface area contributed by atoms with E-state index in [9.17, 15) is 0 Å². The van der Waals surface area contributed by atoms with Crippen molar-refractivity contribution in [2.24, 2.45) is 0 Å². The van der Waals surface area contributed by atoms with Crippen LogP contribution in [0.25, 0.3) is 0 Å². The molecule has 0 amide bonds. The van der Waals surface area contributed by atoms with Crippen molar-refractivity contribution in [3.05, 3.63) is 138 Å². The molecular weight excluding hydrogens is 730 g/mol. The van der Waals surface area contributed by atoms with Crippen LogP contribution >= 0.6 is 0 Å². The summed E-state index contributed by atoms with van der Waals surface area (Å²) in [6, 6.07) is 39.2. The van der Waals surface area contributed by atoms with Gasteiger partial charge in [0.05, 0.1) is 0 Å². The van der Waals surface area contributed by atoms with Gasteiger partial charge in [-0.05, 0) is 45.1 Å². The number of rotatable bonds is 5. The van der Waals surface area contributed by atoms with Gasteiger partial charge in [-0.1, -0.05) is 68.4 Å². The zero-order valence-electron chi connectivity index (χ0n) is 32.8. The fraction of sp³-hybridized carbons (Fsp3) is 0.277. The van der Waals surface area contributed by atoms with E-state index in [4.69, 9.17) is 14.7 Å². The summed E-state index contributed by atoms with van der Waals surface area (Å²) >= 11 is 0.0670. The number of anilines is 7. The summed E-state index contributed by atoms with van der Waals surface area (Å²) < 4.78 is 9.03. The van der Waals surface area contributed by atoms with Gasteiger partial charge in [0.2, 0.25) is 0 Å². The minimum absolute atomic E-state index is 0.0176. The van der Waals surface area contributed by atoms with Crippen molar-refractivity contribution in [3.8, 4) is 11.5 Å². The van der Waals surface area contributed by atoms with Crippen LogP contribution < -0.4 is 28.5 Å². The third-order valence-electron chi connectivity index (χ3n) is 10.3. The van der Waals surface area contributed by atoms with Crippen molar-refractivity contribution in [2.75, 3.05) is 21.4 Å². The van der Waals surface area contributed by atoms with Gasteiger partial charge in [-0.15, -0.1) is 0 Å². The quantitative estimate of drug-likeness (QED) is 0.162.